The van der Waals surface area contributed by atoms with Gasteiger partial charge in [-0.15, -0.1) is 0 Å². The number of alkyl halides is 3. The number of sulfonamides is 1. The molecule has 0 amide bonds. The quantitative estimate of drug-likeness (QED) is 0.679. The minimum atomic E-state index is -4.70. The molecular formula is C17H13ClF3NO6S. The highest BCUT2D eigenvalue weighted by Crippen LogP contribution is 2.39. The zero-order chi connectivity index (χ0) is 21.2. The van der Waals surface area contributed by atoms with Gasteiger partial charge in [0.2, 0.25) is 16.8 Å². The lowest BCUT2D eigenvalue weighted by Crippen LogP contribution is -2.30. The van der Waals surface area contributed by atoms with E-state index in [2.05, 4.69) is 0 Å². The predicted octanol–water partition coefficient (Wildman–Crippen LogP) is 3.11. The van der Waals surface area contributed by atoms with Crippen LogP contribution >= 0.6 is 11.6 Å². The summed E-state index contributed by atoms with van der Waals surface area (Å²) in [6, 6.07) is 6.20. The molecule has 0 atom stereocenters. The summed E-state index contributed by atoms with van der Waals surface area (Å²) in [6.07, 6.45) is -4.70. The number of rotatable bonds is 6. The number of fused-ring (bicyclic) bond motifs is 1. The van der Waals surface area contributed by atoms with Gasteiger partial charge in [-0.05, 0) is 35.9 Å². The number of hydrogen-bond donors (Lipinski definition) is 1. The summed E-state index contributed by atoms with van der Waals surface area (Å²) in [4.78, 5) is 11.2. The summed E-state index contributed by atoms with van der Waals surface area (Å²) in [6.45, 7) is -0.979. The van der Waals surface area contributed by atoms with E-state index >= 15 is 0 Å². The molecule has 156 valence electrons. The molecule has 3 rings (SSSR count). The lowest BCUT2D eigenvalue weighted by Gasteiger charge is -2.10. The number of carbonyl (C=O) groups is 1. The number of benzene rings is 2. The van der Waals surface area contributed by atoms with E-state index in [4.69, 9.17) is 25.8 Å². The topological polar surface area (TPSA) is 90.9 Å². The Morgan fingerprint density at radius 3 is 2.69 bits per heavy atom. The average molecular weight is 452 g/mol. The van der Waals surface area contributed by atoms with Gasteiger partial charge in [0, 0.05) is 0 Å². The molecule has 12 heteroatoms. The van der Waals surface area contributed by atoms with E-state index in [0.717, 1.165) is 18.2 Å². The van der Waals surface area contributed by atoms with Crippen molar-refractivity contribution in [2.75, 3.05) is 13.3 Å². The summed E-state index contributed by atoms with van der Waals surface area (Å²) < 4.78 is 79.6. The Morgan fingerprint density at radius 1 is 1.21 bits per heavy atom. The first-order valence-corrected chi connectivity index (χ1v) is 9.83. The van der Waals surface area contributed by atoms with Crippen LogP contribution in [0.1, 0.15) is 11.1 Å². The van der Waals surface area contributed by atoms with E-state index in [-0.39, 0.29) is 18.4 Å². The molecule has 0 aromatic heterocycles. The SMILES string of the molecule is O=C(CNS(=O)(=O)c1cccc(C(F)(F)F)c1)OCc1cc(Cl)c2c(c1)OCO2. The highest BCUT2D eigenvalue weighted by atomic mass is 35.5. The third-order valence-corrected chi connectivity index (χ3v) is 5.44. The fourth-order valence-electron chi connectivity index (χ4n) is 2.40. The van der Waals surface area contributed by atoms with Gasteiger partial charge in [0.1, 0.15) is 13.2 Å². The molecular weight excluding hydrogens is 439 g/mol. The van der Waals surface area contributed by atoms with Gasteiger partial charge < -0.3 is 14.2 Å². The third-order valence-electron chi connectivity index (χ3n) is 3.77. The van der Waals surface area contributed by atoms with Crippen LogP contribution in [0.25, 0.3) is 0 Å². The Labute approximate surface area is 168 Å². The molecule has 1 heterocycles. The van der Waals surface area contributed by atoms with Crippen molar-refractivity contribution < 1.29 is 40.6 Å². The lowest BCUT2D eigenvalue weighted by molar-refractivity contribution is -0.143. The highest BCUT2D eigenvalue weighted by Gasteiger charge is 2.31. The molecule has 7 nitrogen and oxygen atoms in total. The predicted molar refractivity (Wildman–Crippen MR) is 94.0 cm³/mol. The van der Waals surface area contributed by atoms with E-state index in [1.165, 1.54) is 6.07 Å². The Hall–Kier alpha value is -2.50. The van der Waals surface area contributed by atoms with Crippen molar-refractivity contribution in [2.45, 2.75) is 17.7 Å². The second-order valence-electron chi connectivity index (χ2n) is 5.82. The first-order valence-electron chi connectivity index (χ1n) is 7.97. The molecule has 1 aliphatic rings. The summed E-state index contributed by atoms with van der Waals surface area (Å²) >= 11 is 6.01. The van der Waals surface area contributed by atoms with Crippen LogP contribution in [0.2, 0.25) is 5.02 Å². The van der Waals surface area contributed by atoms with Gasteiger partial charge in [-0.25, -0.2) is 8.42 Å². The van der Waals surface area contributed by atoms with Gasteiger partial charge in [0.05, 0.1) is 15.5 Å². The fourth-order valence-corrected chi connectivity index (χ4v) is 3.70. The highest BCUT2D eigenvalue weighted by molar-refractivity contribution is 7.89. The van der Waals surface area contributed by atoms with Gasteiger partial charge in [-0.1, -0.05) is 17.7 Å². The Morgan fingerprint density at radius 2 is 1.97 bits per heavy atom. The van der Waals surface area contributed by atoms with Crippen LogP contribution in [0.3, 0.4) is 0 Å². The molecule has 0 aliphatic carbocycles. The molecule has 1 N–H and O–H groups in total. The molecule has 0 saturated heterocycles. The van der Waals surface area contributed by atoms with Gasteiger partial charge in [-0.3, -0.25) is 4.79 Å². The first kappa shape index (κ1) is 21.2. The van der Waals surface area contributed by atoms with Crippen LogP contribution < -0.4 is 14.2 Å². The zero-order valence-electron chi connectivity index (χ0n) is 14.5. The van der Waals surface area contributed by atoms with Crippen molar-refractivity contribution in [3.05, 3.63) is 52.5 Å². The van der Waals surface area contributed by atoms with Crippen LogP contribution in [-0.2, 0) is 32.3 Å². The molecule has 2 aromatic rings. The lowest BCUT2D eigenvalue weighted by atomic mass is 10.2. The first-order chi connectivity index (χ1) is 13.6. The minimum Gasteiger partial charge on any atom is -0.460 e. The van der Waals surface area contributed by atoms with Crippen molar-refractivity contribution in [1.29, 1.82) is 0 Å². The molecule has 29 heavy (non-hydrogen) atoms. The number of carbonyl (C=O) groups excluding carboxylic acids is 1. The zero-order valence-corrected chi connectivity index (χ0v) is 16.0. The molecule has 2 aromatic carbocycles. The van der Waals surface area contributed by atoms with E-state index in [0.29, 0.717) is 23.1 Å². The maximum atomic E-state index is 12.7. The van der Waals surface area contributed by atoms with Crippen LogP contribution in [0.15, 0.2) is 41.3 Å². The number of hydrogen-bond acceptors (Lipinski definition) is 6. The summed E-state index contributed by atoms with van der Waals surface area (Å²) in [7, 11) is -4.34. The summed E-state index contributed by atoms with van der Waals surface area (Å²) in [5.74, 6) is -0.182. The Bertz CT molecular complexity index is 1040. The van der Waals surface area contributed by atoms with Crippen LogP contribution in [0.4, 0.5) is 13.2 Å². The number of esters is 1. The maximum Gasteiger partial charge on any atom is 0.416 e. The summed E-state index contributed by atoms with van der Waals surface area (Å²) in [5, 5.41) is 0.260. The van der Waals surface area contributed by atoms with Crippen molar-refractivity contribution in [1.82, 2.24) is 4.72 Å². The van der Waals surface area contributed by atoms with E-state index in [9.17, 15) is 26.4 Å². The van der Waals surface area contributed by atoms with Gasteiger partial charge in [0.25, 0.3) is 0 Å². The number of halogens is 4. The van der Waals surface area contributed by atoms with E-state index in [1.54, 1.807) is 6.07 Å². The molecule has 1 aliphatic heterocycles. The Balaban J connectivity index is 1.58. The van der Waals surface area contributed by atoms with Crippen LogP contribution in [0.5, 0.6) is 11.5 Å². The van der Waals surface area contributed by atoms with Crippen molar-refractivity contribution in [3.63, 3.8) is 0 Å². The molecule has 0 spiro atoms. The molecule has 0 radical (unpaired) electrons. The average Bonchev–Trinajstić information content (AvgIpc) is 3.13. The maximum absolute atomic E-state index is 12.7. The van der Waals surface area contributed by atoms with E-state index in [1.807, 2.05) is 4.72 Å². The molecule has 0 saturated carbocycles. The fraction of sp³-hybridized carbons (Fsp3) is 0.235. The van der Waals surface area contributed by atoms with E-state index < -0.39 is 39.2 Å². The van der Waals surface area contributed by atoms with Crippen molar-refractivity contribution >= 4 is 27.6 Å². The molecule has 0 bridgehead atoms. The number of nitrogens with one attached hydrogen (secondary N) is 1. The largest absolute Gasteiger partial charge is 0.460 e. The normalized spacial score (nSPS) is 13.4. The monoisotopic (exact) mass is 451 g/mol. The molecule has 0 unspecified atom stereocenters. The minimum absolute atomic E-state index is 0.00954. The van der Waals surface area contributed by atoms with Crippen molar-refractivity contribution in [3.8, 4) is 11.5 Å². The van der Waals surface area contributed by atoms with Gasteiger partial charge in [-0.2, -0.15) is 17.9 Å². The van der Waals surface area contributed by atoms with Crippen molar-refractivity contribution in [2.24, 2.45) is 0 Å². The van der Waals surface area contributed by atoms with Gasteiger partial charge in [0.15, 0.2) is 11.5 Å². The Kier molecular flexibility index (Phi) is 5.92. The molecule has 0 fully saturated rings. The summed E-state index contributed by atoms with van der Waals surface area (Å²) in [5.41, 5.74) is -0.643. The van der Waals surface area contributed by atoms with Crippen LogP contribution in [-0.4, -0.2) is 27.7 Å². The second kappa shape index (κ2) is 8.09. The van der Waals surface area contributed by atoms with Gasteiger partial charge >= 0.3 is 12.1 Å². The second-order valence-corrected chi connectivity index (χ2v) is 8.00. The number of ether oxygens (including phenoxy) is 3. The third kappa shape index (κ3) is 5.11. The standard InChI is InChI=1S/C17H13ClF3NO6S/c18-13-4-10(5-14-16(13)28-9-27-14)8-26-15(23)7-22-29(24,25)12-3-1-2-11(6-12)17(19,20)21/h1-6,22H,7-9H2. The smallest absolute Gasteiger partial charge is 0.416 e. The van der Waals surface area contributed by atoms with Crippen LogP contribution in [0, 0.1) is 0 Å².